The van der Waals surface area contributed by atoms with Gasteiger partial charge in [0.25, 0.3) is 0 Å². The first-order valence-corrected chi connectivity index (χ1v) is 12.3. The molecule has 1 aromatic carbocycles. The van der Waals surface area contributed by atoms with Crippen LogP contribution in [0.25, 0.3) is 0 Å². The monoisotopic (exact) mass is 437 g/mol. The molecule has 5 nitrogen and oxygen atoms in total. The Kier molecular flexibility index (Phi) is 5.75. The number of aliphatic hydroxyl groups excluding tert-OH is 1. The number of fused-ring (bicyclic) bond motifs is 2. The van der Waals surface area contributed by atoms with E-state index < -0.39 is 6.10 Å². The standard InChI is InChI=1S/C27H35NO4/c1-17-7-6-10-20-15-22-23(25(30)27(17,20)2)21(26(31)32-22)16-28-13-11-19(12-14-28)24(29)18-8-4-3-5-9-18/h3-5,8-10,17,19,21-23,25,30H,6-7,11-16H2,1-2H3/t17-,21-,22-,23+,25-,27-/m1/s1. The highest BCUT2D eigenvalue weighted by Gasteiger charge is 2.59. The van der Waals surface area contributed by atoms with Gasteiger partial charge in [-0.15, -0.1) is 0 Å². The zero-order valence-corrected chi connectivity index (χ0v) is 19.2. The summed E-state index contributed by atoms with van der Waals surface area (Å²) in [5, 5.41) is 11.5. The zero-order chi connectivity index (χ0) is 22.5. The Labute approximate surface area is 190 Å². The van der Waals surface area contributed by atoms with Gasteiger partial charge in [-0.05, 0) is 44.7 Å². The van der Waals surface area contributed by atoms with Crippen molar-refractivity contribution in [1.29, 1.82) is 0 Å². The number of Topliss-reactive ketones (excluding diaryl/α,β-unsaturated/α-hetero) is 1. The number of allylic oxidation sites excluding steroid dienone is 1. The molecule has 2 aliphatic heterocycles. The molecule has 0 aromatic heterocycles. The minimum absolute atomic E-state index is 0.0480. The molecule has 1 aromatic rings. The maximum Gasteiger partial charge on any atom is 0.311 e. The number of hydrogen-bond donors (Lipinski definition) is 1. The third kappa shape index (κ3) is 3.54. The van der Waals surface area contributed by atoms with Crippen LogP contribution in [0.1, 0.15) is 56.3 Å². The van der Waals surface area contributed by atoms with Crippen LogP contribution in [0.2, 0.25) is 0 Å². The number of ether oxygens (including phenoxy) is 1. The van der Waals surface area contributed by atoms with E-state index in [1.54, 1.807) is 0 Å². The third-order valence-corrected chi connectivity index (χ3v) is 9.04. The Morgan fingerprint density at radius 1 is 1.19 bits per heavy atom. The average molecular weight is 438 g/mol. The number of nitrogens with zero attached hydrogens (tertiary/aromatic N) is 1. The summed E-state index contributed by atoms with van der Waals surface area (Å²) in [5.41, 5.74) is 1.80. The van der Waals surface area contributed by atoms with Crippen LogP contribution in [-0.4, -0.2) is 53.6 Å². The topological polar surface area (TPSA) is 66.8 Å². The van der Waals surface area contributed by atoms with Crippen molar-refractivity contribution in [3.05, 3.63) is 47.5 Å². The molecule has 2 saturated heterocycles. The van der Waals surface area contributed by atoms with Crippen molar-refractivity contribution >= 4 is 11.8 Å². The molecule has 0 unspecified atom stereocenters. The molecule has 1 saturated carbocycles. The second-order valence-corrected chi connectivity index (χ2v) is 10.6. The SMILES string of the molecule is C[C@@H]1CCC=C2C[C@H]3OC(=O)[C@H](CN4CCC(C(=O)c5ccccc5)CC4)[C@@H]3[C@@H](O)[C@@]21C. The molecule has 2 aliphatic carbocycles. The van der Waals surface area contributed by atoms with E-state index in [2.05, 4.69) is 24.8 Å². The Bertz CT molecular complexity index is 903. The number of carbonyl (C=O) groups excluding carboxylic acids is 2. The summed E-state index contributed by atoms with van der Waals surface area (Å²) in [6, 6.07) is 9.54. The van der Waals surface area contributed by atoms with Crippen molar-refractivity contribution in [2.75, 3.05) is 19.6 Å². The van der Waals surface area contributed by atoms with Crippen molar-refractivity contribution in [2.24, 2.45) is 29.1 Å². The lowest BCUT2D eigenvalue weighted by molar-refractivity contribution is -0.145. The highest BCUT2D eigenvalue weighted by atomic mass is 16.6. The van der Waals surface area contributed by atoms with E-state index in [0.717, 1.165) is 50.8 Å². The fraction of sp³-hybridized carbons (Fsp3) is 0.630. The van der Waals surface area contributed by atoms with E-state index in [0.29, 0.717) is 12.5 Å². The van der Waals surface area contributed by atoms with Crippen molar-refractivity contribution in [3.8, 4) is 0 Å². The van der Waals surface area contributed by atoms with Gasteiger partial charge in [0.2, 0.25) is 0 Å². The first-order chi connectivity index (χ1) is 15.4. The molecule has 2 heterocycles. The summed E-state index contributed by atoms with van der Waals surface area (Å²) in [6.45, 7) is 6.65. The normalized spacial score (nSPS) is 37.9. The Hall–Kier alpha value is -1.98. The lowest BCUT2D eigenvalue weighted by Gasteiger charge is -2.52. The number of likely N-dealkylation sites (tertiary alicyclic amines) is 1. The van der Waals surface area contributed by atoms with Gasteiger partial charge in [0.15, 0.2) is 5.78 Å². The highest BCUT2D eigenvalue weighted by Crippen LogP contribution is 2.56. The quantitative estimate of drug-likeness (QED) is 0.440. The molecule has 0 radical (unpaired) electrons. The summed E-state index contributed by atoms with van der Waals surface area (Å²) in [7, 11) is 0. The molecule has 3 fully saturated rings. The molecule has 32 heavy (non-hydrogen) atoms. The van der Waals surface area contributed by atoms with Crippen LogP contribution in [0.4, 0.5) is 0 Å². The van der Waals surface area contributed by atoms with Crippen molar-refractivity contribution in [3.63, 3.8) is 0 Å². The molecular formula is C27H35NO4. The number of esters is 1. The summed E-state index contributed by atoms with van der Waals surface area (Å²) >= 11 is 0. The minimum atomic E-state index is -0.559. The van der Waals surface area contributed by atoms with Gasteiger partial charge in [0.05, 0.1) is 12.0 Å². The highest BCUT2D eigenvalue weighted by molar-refractivity contribution is 5.97. The lowest BCUT2D eigenvalue weighted by Crippen LogP contribution is -2.55. The lowest BCUT2D eigenvalue weighted by atomic mass is 9.55. The number of ketones is 1. The van der Waals surface area contributed by atoms with E-state index in [1.807, 2.05) is 30.3 Å². The Morgan fingerprint density at radius 2 is 1.91 bits per heavy atom. The maximum absolute atomic E-state index is 12.9. The van der Waals surface area contributed by atoms with Crippen molar-refractivity contribution in [2.45, 2.75) is 58.2 Å². The average Bonchev–Trinajstić information content (AvgIpc) is 3.11. The third-order valence-electron chi connectivity index (χ3n) is 9.04. The first-order valence-electron chi connectivity index (χ1n) is 12.3. The molecule has 172 valence electrons. The maximum atomic E-state index is 12.9. The van der Waals surface area contributed by atoms with Gasteiger partial charge in [-0.1, -0.05) is 55.8 Å². The number of benzene rings is 1. The molecular weight excluding hydrogens is 402 g/mol. The molecule has 5 heteroatoms. The Morgan fingerprint density at radius 3 is 2.62 bits per heavy atom. The van der Waals surface area contributed by atoms with Crippen LogP contribution in [0.5, 0.6) is 0 Å². The van der Waals surface area contributed by atoms with Gasteiger partial charge in [-0.3, -0.25) is 9.59 Å². The fourth-order valence-corrected chi connectivity index (χ4v) is 6.77. The van der Waals surface area contributed by atoms with Gasteiger partial charge in [-0.25, -0.2) is 0 Å². The molecule has 4 aliphatic rings. The van der Waals surface area contributed by atoms with Crippen LogP contribution in [-0.2, 0) is 9.53 Å². The molecule has 5 rings (SSSR count). The first kappa shape index (κ1) is 21.8. The predicted molar refractivity (Wildman–Crippen MR) is 122 cm³/mol. The van der Waals surface area contributed by atoms with E-state index in [-0.39, 0.29) is 41.0 Å². The molecule has 1 N–H and O–H groups in total. The molecule has 0 bridgehead atoms. The van der Waals surface area contributed by atoms with E-state index in [4.69, 9.17) is 4.74 Å². The van der Waals surface area contributed by atoms with Gasteiger partial charge in [-0.2, -0.15) is 0 Å². The largest absolute Gasteiger partial charge is 0.461 e. The number of piperidine rings is 1. The van der Waals surface area contributed by atoms with Crippen LogP contribution < -0.4 is 0 Å². The summed E-state index contributed by atoms with van der Waals surface area (Å²) in [6.07, 6.45) is 6.02. The van der Waals surface area contributed by atoms with Gasteiger partial charge >= 0.3 is 5.97 Å². The van der Waals surface area contributed by atoms with Crippen molar-refractivity contribution < 1.29 is 19.4 Å². The van der Waals surface area contributed by atoms with E-state index >= 15 is 0 Å². The smallest absolute Gasteiger partial charge is 0.311 e. The summed E-state index contributed by atoms with van der Waals surface area (Å²) < 4.78 is 5.82. The molecule has 6 atom stereocenters. The summed E-state index contributed by atoms with van der Waals surface area (Å²) in [4.78, 5) is 28.0. The summed E-state index contributed by atoms with van der Waals surface area (Å²) in [5.74, 6) is 0.0862. The van der Waals surface area contributed by atoms with Crippen LogP contribution in [0.3, 0.4) is 0 Å². The van der Waals surface area contributed by atoms with Crippen LogP contribution in [0.15, 0.2) is 42.0 Å². The van der Waals surface area contributed by atoms with Crippen LogP contribution >= 0.6 is 0 Å². The second kappa shape index (κ2) is 8.42. The Balaban J connectivity index is 1.25. The predicted octanol–water partition coefficient (Wildman–Crippen LogP) is 3.87. The zero-order valence-electron chi connectivity index (χ0n) is 19.2. The molecule has 0 spiro atoms. The second-order valence-electron chi connectivity index (χ2n) is 10.6. The van der Waals surface area contributed by atoms with Gasteiger partial charge in [0, 0.05) is 35.8 Å². The number of hydrogen-bond acceptors (Lipinski definition) is 5. The number of aliphatic hydroxyl groups is 1. The van der Waals surface area contributed by atoms with E-state index in [1.165, 1.54) is 5.57 Å². The van der Waals surface area contributed by atoms with Crippen LogP contribution in [0, 0.1) is 29.1 Å². The molecule has 0 amide bonds. The number of carbonyl (C=O) groups is 2. The number of rotatable bonds is 4. The minimum Gasteiger partial charge on any atom is -0.461 e. The van der Waals surface area contributed by atoms with Gasteiger partial charge in [0.1, 0.15) is 6.10 Å². The van der Waals surface area contributed by atoms with Gasteiger partial charge < -0.3 is 14.7 Å². The van der Waals surface area contributed by atoms with Crippen molar-refractivity contribution in [1.82, 2.24) is 4.90 Å². The fourth-order valence-electron chi connectivity index (χ4n) is 6.77. The van der Waals surface area contributed by atoms with E-state index in [9.17, 15) is 14.7 Å².